The molecular formula is C26H30Cl2N4O5. The Morgan fingerprint density at radius 2 is 1.27 bits per heavy atom. The number of ether oxygens (including phenoxy) is 1. The molecule has 9 nitrogen and oxygen atoms in total. The normalized spacial score (nSPS) is 13.4. The number of nitro benzene ring substituents is 2. The first-order chi connectivity index (χ1) is 17.0. The topological polar surface area (TPSA) is 102 Å². The largest absolute Gasteiger partial charge is 0.495 e. The lowest BCUT2D eigenvalue weighted by Crippen LogP contribution is -2.46. The van der Waals surface area contributed by atoms with Crippen molar-refractivity contribution < 1.29 is 14.6 Å². The number of non-ortho nitro benzene ring substituents is 2. The summed E-state index contributed by atoms with van der Waals surface area (Å²) >= 11 is 0. The SMILES string of the molecule is COc1ccccc1N1CCN(CCC(c2ccc([N+](=O)[O-])cc2)c2ccc([N+](=O)[O-])cc2)CC1.Cl.Cl. The van der Waals surface area contributed by atoms with Gasteiger partial charge >= 0.3 is 0 Å². The number of hydrogen-bond acceptors (Lipinski definition) is 7. The van der Waals surface area contributed by atoms with Crippen molar-refractivity contribution in [3.63, 3.8) is 0 Å². The summed E-state index contributed by atoms with van der Waals surface area (Å²) in [4.78, 5) is 26.1. The molecule has 1 fully saturated rings. The average molecular weight is 549 g/mol. The minimum atomic E-state index is -0.411. The molecule has 1 aliphatic rings. The first-order valence-corrected chi connectivity index (χ1v) is 11.6. The third-order valence-electron chi connectivity index (χ3n) is 6.54. The lowest BCUT2D eigenvalue weighted by Gasteiger charge is -2.37. The van der Waals surface area contributed by atoms with Gasteiger partial charge in [-0.25, -0.2) is 0 Å². The van der Waals surface area contributed by atoms with Gasteiger partial charge in [-0.1, -0.05) is 36.4 Å². The minimum Gasteiger partial charge on any atom is -0.495 e. The summed E-state index contributed by atoms with van der Waals surface area (Å²) in [5.41, 5.74) is 3.10. The fourth-order valence-corrected chi connectivity index (χ4v) is 4.60. The van der Waals surface area contributed by atoms with Crippen LogP contribution in [0.15, 0.2) is 72.8 Å². The minimum absolute atomic E-state index is 0. The number of nitrogens with zero attached hydrogens (tertiary/aromatic N) is 4. The van der Waals surface area contributed by atoms with Crippen LogP contribution in [0.1, 0.15) is 23.5 Å². The third kappa shape index (κ3) is 7.31. The molecule has 0 atom stereocenters. The number of piperazine rings is 1. The molecule has 3 aromatic carbocycles. The summed E-state index contributed by atoms with van der Waals surface area (Å²) in [6.07, 6.45) is 0.796. The van der Waals surface area contributed by atoms with E-state index in [1.807, 2.05) is 18.2 Å². The van der Waals surface area contributed by atoms with Crippen molar-refractivity contribution in [1.82, 2.24) is 4.90 Å². The molecule has 1 aliphatic heterocycles. The van der Waals surface area contributed by atoms with E-state index in [0.717, 1.165) is 61.7 Å². The molecule has 0 amide bonds. The van der Waals surface area contributed by atoms with Crippen molar-refractivity contribution in [1.29, 1.82) is 0 Å². The molecule has 0 aromatic heterocycles. The highest BCUT2D eigenvalue weighted by atomic mass is 35.5. The summed E-state index contributed by atoms with van der Waals surface area (Å²) < 4.78 is 5.51. The molecule has 1 heterocycles. The average Bonchev–Trinajstić information content (AvgIpc) is 2.89. The smallest absolute Gasteiger partial charge is 0.269 e. The molecule has 0 bridgehead atoms. The van der Waals surface area contributed by atoms with Crippen LogP contribution in [0, 0.1) is 20.2 Å². The number of para-hydroxylation sites is 2. The molecule has 11 heteroatoms. The zero-order valence-electron chi connectivity index (χ0n) is 20.4. The molecule has 198 valence electrons. The van der Waals surface area contributed by atoms with Crippen molar-refractivity contribution in [3.05, 3.63) is 104 Å². The Morgan fingerprint density at radius 3 is 1.73 bits per heavy atom. The second-order valence-electron chi connectivity index (χ2n) is 8.54. The van der Waals surface area contributed by atoms with Crippen LogP contribution < -0.4 is 9.64 Å². The van der Waals surface area contributed by atoms with Crippen LogP contribution in [0.3, 0.4) is 0 Å². The number of methoxy groups -OCH3 is 1. The molecule has 37 heavy (non-hydrogen) atoms. The summed E-state index contributed by atoms with van der Waals surface area (Å²) in [7, 11) is 1.69. The molecule has 0 aliphatic carbocycles. The van der Waals surface area contributed by atoms with E-state index < -0.39 is 9.85 Å². The molecule has 0 saturated carbocycles. The Kier molecular flexibility index (Phi) is 11.1. The molecule has 1 saturated heterocycles. The van der Waals surface area contributed by atoms with Crippen molar-refractivity contribution in [2.75, 3.05) is 44.7 Å². The van der Waals surface area contributed by atoms with Crippen molar-refractivity contribution >= 4 is 41.9 Å². The zero-order valence-corrected chi connectivity index (χ0v) is 22.0. The van der Waals surface area contributed by atoms with Crippen LogP contribution in [-0.2, 0) is 0 Å². The first kappa shape index (κ1) is 29.8. The zero-order chi connectivity index (χ0) is 24.8. The van der Waals surface area contributed by atoms with Crippen molar-refractivity contribution in [2.24, 2.45) is 0 Å². The van der Waals surface area contributed by atoms with E-state index in [9.17, 15) is 20.2 Å². The predicted octanol–water partition coefficient (Wildman–Crippen LogP) is 5.70. The van der Waals surface area contributed by atoms with Gasteiger partial charge in [0.1, 0.15) is 5.75 Å². The van der Waals surface area contributed by atoms with Crippen LogP contribution in [0.4, 0.5) is 17.1 Å². The van der Waals surface area contributed by atoms with Gasteiger partial charge in [-0.2, -0.15) is 0 Å². The Labute approximate surface area is 228 Å². The maximum Gasteiger partial charge on any atom is 0.269 e. The molecule has 0 N–H and O–H groups in total. The standard InChI is InChI=1S/C26H28N4O5.2ClH/c1-35-26-5-3-2-4-25(26)28-18-16-27(17-19-28)15-14-24(20-6-10-22(11-7-20)29(31)32)21-8-12-23(13-9-21)30(33)34;;/h2-13,24H,14-19H2,1H3;2*1H. The highest BCUT2D eigenvalue weighted by molar-refractivity contribution is 5.85. The van der Waals surface area contributed by atoms with Crippen LogP contribution in [0.25, 0.3) is 0 Å². The summed E-state index contributed by atoms with van der Waals surface area (Å²) in [5.74, 6) is 0.848. The van der Waals surface area contributed by atoms with Gasteiger partial charge in [-0.15, -0.1) is 24.8 Å². The van der Waals surface area contributed by atoms with Gasteiger partial charge in [0.25, 0.3) is 11.4 Å². The molecule has 0 unspecified atom stereocenters. The van der Waals surface area contributed by atoms with Crippen molar-refractivity contribution in [2.45, 2.75) is 12.3 Å². The van der Waals surface area contributed by atoms with E-state index >= 15 is 0 Å². The van der Waals surface area contributed by atoms with Crippen LogP contribution in [0.2, 0.25) is 0 Å². The number of rotatable bonds is 9. The van der Waals surface area contributed by atoms with E-state index in [1.54, 1.807) is 31.4 Å². The molecular weight excluding hydrogens is 519 g/mol. The number of halogens is 2. The van der Waals surface area contributed by atoms with Gasteiger partial charge in [0.05, 0.1) is 22.6 Å². The number of nitro groups is 2. The maximum absolute atomic E-state index is 11.1. The van der Waals surface area contributed by atoms with E-state index in [-0.39, 0.29) is 42.1 Å². The second kappa shape index (κ2) is 13.8. The maximum atomic E-state index is 11.1. The molecule has 0 radical (unpaired) electrons. The Bertz CT molecular complexity index is 1110. The quantitative estimate of drug-likeness (QED) is 0.249. The number of benzene rings is 3. The third-order valence-corrected chi connectivity index (χ3v) is 6.54. The lowest BCUT2D eigenvalue weighted by molar-refractivity contribution is -0.385. The number of anilines is 1. The molecule has 3 aromatic rings. The summed E-state index contributed by atoms with van der Waals surface area (Å²) in [6.45, 7) is 4.44. The Balaban J connectivity index is 0.00000241. The van der Waals surface area contributed by atoms with E-state index in [2.05, 4.69) is 15.9 Å². The summed E-state index contributed by atoms with van der Waals surface area (Å²) in [5, 5.41) is 22.2. The highest BCUT2D eigenvalue weighted by Gasteiger charge is 2.22. The van der Waals surface area contributed by atoms with Gasteiger partial charge in [-0.05, 0) is 36.2 Å². The fourth-order valence-electron chi connectivity index (χ4n) is 4.60. The van der Waals surface area contributed by atoms with E-state index in [0.29, 0.717) is 0 Å². The number of hydrogen-bond donors (Lipinski definition) is 0. The van der Waals surface area contributed by atoms with Gasteiger partial charge in [0.2, 0.25) is 0 Å². The van der Waals surface area contributed by atoms with E-state index in [1.165, 1.54) is 24.3 Å². The highest BCUT2D eigenvalue weighted by Crippen LogP contribution is 2.32. The van der Waals surface area contributed by atoms with Crippen molar-refractivity contribution in [3.8, 4) is 5.75 Å². The van der Waals surface area contributed by atoms with Gasteiger partial charge < -0.3 is 9.64 Å². The molecule has 4 rings (SSSR count). The van der Waals surface area contributed by atoms with E-state index in [4.69, 9.17) is 4.74 Å². The first-order valence-electron chi connectivity index (χ1n) is 11.6. The van der Waals surface area contributed by atoms with Crippen LogP contribution in [-0.4, -0.2) is 54.6 Å². The Morgan fingerprint density at radius 1 is 0.784 bits per heavy atom. The van der Waals surface area contributed by atoms with Gasteiger partial charge in [-0.3, -0.25) is 25.1 Å². The molecule has 0 spiro atoms. The van der Waals surface area contributed by atoms with Gasteiger partial charge in [0, 0.05) is 56.4 Å². The monoisotopic (exact) mass is 548 g/mol. The predicted molar refractivity (Wildman–Crippen MR) is 149 cm³/mol. The van der Waals surface area contributed by atoms with Crippen LogP contribution >= 0.6 is 24.8 Å². The lowest BCUT2D eigenvalue weighted by atomic mass is 9.88. The fraction of sp³-hybridized carbons (Fsp3) is 0.308. The Hall–Kier alpha value is -3.40. The summed E-state index contributed by atoms with van der Waals surface area (Å²) in [6, 6.07) is 21.2. The van der Waals surface area contributed by atoms with Crippen LogP contribution in [0.5, 0.6) is 5.75 Å². The van der Waals surface area contributed by atoms with Gasteiger partial charge in [0.15, 0.2) is 0 Å². The second-order valence-corrected chi connectivity index (χ2v) is 8.54.